The highest BCUT2D eigenvalue weighted by molar-refractivity contribution is 7.10. The van der Waals surface area contributed by atoms with Crippen LogP contribution in [-0.4, -0.2) is 32.3 Å². The predicted octanol–water partition coefficient (Wildman–Crippen LogP) is 3.64. The molecule has 0 bridgehead atoms. The molecule has 0 unspecified atom stereocenters. The third kappa shape index (κ3) is 4.15. The number of furan rings is 1. The number of nitrogens with zero attached hydrogens (tertiary/aromatic N) is 3. The van der Waals surface area contributed by atoms with Crippen molar-refractivity contribution in [1.29, 1.82) is 0 Å². The van der Waals surface area contributed by atoms with Gasteiger partial charge in [-0.2, -0.15) is 0 Å². The summed E-state index contributed by atoms with van der Waals surface area (Å²) in [6.45, 7) is 0.171. The quantitative estimate of drug-likeness (QED) is 0.635. The summed E-state index contributed by atoms with van der Waals surface area (Å²) in [6, 6.07) is 6.73. The lowest BCUT2D eigenvalue weighted by atomic mass is 10.1. The Morgan fingerprint density at radius 1 is 1.29 bits per heavy atom. The van der Waals surface area contributed by atoms with Crippen LogP contribution in [0.5, 0.6) is 0 Å². The summed E-state index contributed by atoms with van der Waals surface area (Å²) >= 11 is 2.56. The minimum Gasteiger partial charge on any atom is -0.467 e. The van der Waals surface area contributed by atoms with Crippen LogP contribution in [0.4, 0.5) is 0 Å². The van der Waals surface area contributed by atoms with E-state index in [1.807, 2.05) is 17.5 Å². The van der Waals surface area contributed by atoms with Crippen molar-refractivity contribution in [1.82, 2.24) is 19.8 Å². The first-order valence-corrected chi connectivity index (χ1v) is 10.9. The first kappa shape index (κ1) is 18.8. The number of hydrogen-bond donors (Lipinski definition) is 1. The molecule has 0 aromatic carbocycles. The number of thiophene rings is 1. The minimum atomic E-state index is -0.750. The van der Waals surface area contributed by atoms with Crippen LogP contribution in [0.2, 0.25) is 0 Å². The molecule has 1 aliphatic carbocycles. The highest BCUT2D eigenvalue weighted by Crippen LogP contribution is 2.30. The second kappa shape index (κ2) is 8.66. The number of hydrogen-bond acceptors (Lipinski definition) is 7. The topological polar surface area (TPSA) is 88.3 Å². The van der Waals surface area contributed by atoms with Gasteiger partial charge < -0.3 is 14.6 Å². The van der Waals surface area contributed by atoms with E-state index in [1.165, 1.54) is 16.2 Å². The van der Waals surface area contributed by atoms with Crippen molar-refractivity contribution >= 4 is 34.7 Å². The zero-order valence-electron chi connectivity index (χ0n) is 15.1. The van der Waals surface area contributed by atoms with Crippen molar-refractivity contribution in [3.05, 3.63) is 57.6 Å². The van der Waals surface area contributed by atoms with Crippen molar-refractivity contribution in [3.63, 3.8) is 0 Å². The van der Waals surface area contributed by atoms with Gasteiger partial charge >= 0.3 is 0 Å². The Labute approximate surface area is 170 Å². The van der Waals surface area contributed by atoms with Crippen LogP contribution in [-0.2, 0) is 11.3 Å². The minimum absolute atomic E-state index is 0.163. The Kier molecular flexibility index (Phi) is 5.82. The maximum absolute atomic E-state index is 13.3. The van der Waals surface area contributed by atoms with Gasteiger partial charge in [-0.05, 0) is 48.0 Å². The molecule has 0 aliphatic heterocycles. The lowest BCUT2D eigenvalue weighted by Crippen LogP contribution is -2.45. The fourth-order valence-corrected chi connectivity index (χ4v) is 4.74. The van der Waals surface area contributed by atoms with Gasteiger partial charge in [-0.15, -0.1) is 16.4 Å². The van der Waals surface area contributed by atoms with E-state index in [2.05, 4.69) is 14.9 Å². The van der Waals surface area contributed by atoms with Crippen molar-refractivity contribution in [3.8, 4) is 0 Å². The van der Waals surface area contributed by atoms with Gasteiger partial charge in [0, 0.05) is 16.3 Å². The molecular weight excluding hydrogens is 396 g/mol. The Bertz CT molecular complexity index is 888. The molecule has 0 radical (unpaired) electrons. The SMILES string of the molecule is O=C(NC1CCCC1)[C@@H](c1cccs1)N(Cc1ccco1)C(=O)c1csnn1. The standard InChI is InChI=1S/C19H20N4O3S2/c24-18(20-13-5-1-2-6-13)17(16-8-4-10-27-16)23(11-14-7-3-9-26-14)19(25)15-12-28-22-21-15/h3-4,7-10,12-13,17H,1-2,5-6,11H2,(H,20,24)/t17-/m1/s1. The second-order valence-corrected chi connectivity index (χ2v) is 8.30. The van der Waals surface area contributed by atoms with Gasteiger partial charge in [-0.1, -0.05) is 23.4 Å². The average Bonchev–Trinajstić information content (AvgIpc) is 3.50. The Morgan fingerprint density at radius 3 is 2.79 bits per heavy atom. The fraction of sp³-hybridized carbons (Fsp3) is 0.368. The molecule has 3 aromatic heterocycles. The van der Waals surface area contributed by atoms with E-state index in [-0.39, 0.29) is 30.1 Å². The van der Waals surface area contributed by atoms with Crippen LogP contribution < -0.4 is 5.32 Å². The van der Waals surface area contributed by atoms with Gasteiger partial charge in [0.05, 0.1) is 12.8 Å². The number of amides is 2. The van der Waals surface area contributed by atoms with Gasteiger partial charge in [0.15, 0.2) is 5.69 Å². The van der Waals surface area contributed by atoms with Gasteiger partial charge in [0.25, 0.3) is 5.91 Å². The molecule has 3 aromatic rings. The summed E-state index contributed by atoms with van der Waals surface area (Å²) in [6.07, 6.45) is 5.75. The molecule has 3 heterocycles. The molecule has 1 saturated carbocycles. The van der Waals surface area contributed by atoms with Crippen molar-refractivity contribution in [2.45, 2.75) is 44.3 Å². The Balaban J connectivity index is 1.67. The van der Waals surface area contributed by atoms with Crippen LogP contribution in [0.15, 0.2) is 45.7 Å². The van der Waals surface area contributed by atoms with E-state index >= 15 is 0 Å². The number of carbonyl (C=O) groups is 2. The van der Waals surface area contributed by atoms with Gasteiger partial charge in [0.1, 0.15) is 11.8 Å². The van der Waals surface area contributed by atoms with Crippen LogP contribution >= 0.6 is 22.9 Å². The Hall–Kier alpha value is -2.52. The summed E-state index contributed by atoms with van der Waals surface area (Å²) in [7, 11) is 0. The van der Waals surface area contributed by atoms with Crippen LogP contribution in [0.3, 0.4) is 0 Å². The zero-order chi connectivity index (χ0) is 19.3. The predicted molar refractivity (Wildman–Crippen MR) is 106 cm³/mol. The molecular formula is C19H20N4O3S2. The van der Waals surface area contributed by atoms with E-state index in [0.717, 1.165) is 42.1 Å². The maximum Gasteiger partial charge on any atom is 0.276 e. The lowest BCUT2D eigenvalue weighted by Gasteiger charge is -2.30. The molecule has 146 valence electrons. The number of nitrogens with one attached hydrogen (secondary N) is 1. The highest BCUT2D eigenvalue weighted by Gasteiger charge is 2.35. The van der Waals surface area contributed by atoms with Crippen molar-refractivity contribution < 1.29 is 14.0 Å². The monoisotopic (exact) mass is 416 g/mol. The second-order valence-electron chi connectivity index (χ2n) is 6.71. The summed E-state index contributed by atoms with van der Waals surface area (Å²) in [5.41, 5.74) is 0.228. The third-order valence-electron chi connectivity index (χ3n) is 4.82. The van der Waals surface area contributed by atoms with E-state index in [0.29, 0.717) is 5.76 Å². The number of aromatic nitrogens is 2. The highest BCUT2D eigenvalue weighted by atomic mass is 32.1. The summed E-state index contributed by atoms with van der Waals surface area (Å²) in [4.78, 5) is 28.8. The van der Waals surface area contributed by atoms with E-state index in [1.54, 1.807) is 23.8 Å². The Morgan fingerprint density at radius 2 is 2.14 bits per heavy atom. The normalized spacial score (nSPS) is 15.4. The van der Waals surface area contributed by atoms with E-state index < -0.39 is 6.04 Å². The van der Waals surface area contributed by atoms with Crippen molar-refractivity contribution in [2.75, 3.05) is 0 Å². The van der Waals surface area contributed by atoms with Gasteiger partial charge in [-0.3, -0.25) is 9.59 Å². The molecule has 9 heteroatoms. The van der Waals surface area contributed by atoms with Gasteiger partial charge in [0.2, 0.25) is 5.91 Å². The molecule has 2 amide bonds. The molecule has 0 saturated heterocycles. The molecule has 1 N–H and O–H groups in total. The lowest BCUT2D eigenvalue weighted by molar-refractivity contribution is -0.126. The molecule has 1 aliphatic rings. The molecule has 0 spiro atoms. The molecule has 1 atom stereocenters. The first-order chi connectivity index (χ1) is 13.7. The first-order valence-electron chi connectivity index (χ1n) is 9.16. The fourth-order valence-electron chi connectivity index (χ4n) is 3.48. The average molecular weight is 417 g/mol. The van der Waals surface area contributed by atoms with Crippen molar-refractivity contribution in [2.24, 2.45) is 0 Å². The largest absolute Gasteiger partial charge is 0.467 e. The van der Waals surface area contributed by atoms with Crippen LogP contribution in [0.25, 0.3) is 0 Å². The summed E-state index contributed by atoms with van der Waals surface area (Å²) < 4.78 is 9.25. The molecule has 1 fully saturated rings. The number of carbonyl (C=O) groups excluding carboxylic acids is 2. The van der Waals surface area contributed by atoms with Crippen LogP contribution in [0.1, 0.15) is 52.9 Å². The van der Waals surface area contributed by atoms with E-state index in [9.17, 15) is 9.59 Å². The molecule has 4 rings (SSSR count). The molecule has 7 nitrogen and oxygen atoms in total. The smallest absolute Gasteiger partial charge is 0.276 e. The summed E-state index contributed by atoms with van der Waals surface area (Å²) in [5.74, 6) is 0.0920. The number of rotatable bonds is 7. The van der Waals surface area contributed by atoms with E-state index in [4.69, 9.17) is 4.42 Å². The van der Waals surface area contributed by atoms with Gasteiger partial charge in [-0.25, -0.2) is 0 Å². The summed E-state index contributed by atoms with van der Waals surface area (Å²) in [5, 5.41) is 10.6. The van der Waals surface area contributed by atoms with Crippen LogP contribution in [0, 0.1) is 0 Å². The molecule has 28 heavy (non-hydrogen) atoms. The maximum atomic E-state index is 13.3. The zero-order valence-corrected chi connectivity index (χ0v) is 16.7. The third-order valence-corrected chi connectivity index (χ3v) is 6.25.